The van der Waals surface area contributed by atoms with Crippen molar-refractivity contribution in [3.8, 4) is 0 Å². The first kappa shape index (κ1) is 67.5. The van der Waals surface area contributed by atoms with Crippen molar-refractivity contribution in [3.63, 3.8) is 0 Å². The van der Waals surface area contributed by atoms with E-state index in [-0.39, 0.29) is 19.6 Å². The quantitative estimate of drug-likeness (QED) is 0.0172. The Morgan fingerprint density at radius 3 is 1.35 bits per heavy atom. The molecule has 0 amide bonds. The van der Waals surface area contributed by atoms with Gasteiger partial charge in [-0.25, -0.2) is 0 Å². The molecule has 2 heterocycles. The Kier molecular flexibility index (Phi) is 42.5. The van der Waals surface area contributed by atoms with E-state index in [2.05, 4.69) is 86.8 Å². The maximum atomic E-state index is 13.1. The number of carbonyl (C=O) groups is 1. The van der Waals surface area contributed by atoms with Crippen LogP contribution in [0.1, 0.15) is 200 Å². The molecule has 0 aromatic rings. The molecule has 0 radical (unpaired) electrons. The highest BCUT2D eigenvalue weighted by Crippen LogP contribution is 2.26. The molecule has 7 N–H and O–H groups in total. The van der Waals surface area contributed by atoms with Crippen molar-refractivity contribution < 1.29 is 69.0 Å². The molecule has 2 rings (SSSR count). The van der Waals surface area contributed by atoms with Crippen LogP contribution in [0.5, 0.6) is 0 Å². The fourth-order valence-corrected chi connectivity index (χ4v) is 8.82. The first-order chi connectivity index (χ1) is 36.1. The number of aliphatic hydroxyl groups is 7. The first-order valence-electron chi connectivity index (χ1n) is 29.0. The van der Waals surface area contributed by atoms with Crippen molar-refractivity contribution >= 4 is 5.97 Å². The SMILES string of the molecule is CC/C=C\C/C=C\C/C=C\C/C=C\C/C=C\C/C=C\CCCCC(=O)OC(COCCCCCCCCCCCCCCCCCCCCC)COC1OC(COC2OC(CO)C(O)C(O)C2O)C(O)C(O)C1O. The van der Waals surface area contributed by atoms with E-state index in [4.69, 9.17) is 28.4 Å². The summed E-state index contributed by atoms with van der Waals surface area (Å²) in [7, 11) is 0. The summed E-state index contributed by atoms with van der Waals surface area (Å²) >= 11 is 0. The van der Waals surface area contributed by atoms with Crippen LogP contribution in [0.4, 0.5) is 0 Å². The van der Waals surface area contributed by atoms with Gasteiger partial charge in [0.15, 0.2) is 12.6 Å². The molecule has 2 saturated heterocycles. The lowest BCUT2D eigenvalue weighted by atomic mass is 9.98. The number of esters is 1. The molecular weight excluding hydrogens is 945 g/mol. The van der Waals surface area contributed by atoms with Crippen molar-refractivity contribution in [3.05, 3.63) is 72.9 Å². The van der Waals surface area contributed by atoms with E-state index in [1.54, 1.807) is 0 Å². The van der Waals surface area contributed by atoms with Gasteiger partial charge in [0.1, 0.15) is 54.9 Å². The number of ether oxygens (including phenoxy) is 6. The zero-order valence-electron chi connectivity index (χ0n) is 45.8. The Labute approximate surface area is 447 Å². The molecule has 14 nitrogen and oxygen atoms in total. The van der Waals surface area contributed by atoms with Crippen molar-refractivity contribution in [2.75, 3.05) is 33.0 Å². The van der Waals surface area contributed by atoms with Crippen molar-refractivity contribution in [1.29, 1.82) is 0 Å². The summed E-state index contributed by atoms with van der Waals surface area (Å²) in [5.41, 5.74) is 0. The second kappa shape index (κ2) is 46.5. The molecule has 14 heteroatoms. The van der Waals surface area contributed by atoms with Gasteiger partial charge in [0.25, 0.3) is 0 Å². The maximum Gasteiger partial charge on any atom is 0.306 e. The van der Waals surface area contributed by atoms with Crippen LogP contribution in [0, 0.1) is 0 Å². The predicted octanol–water partition coefficient (Wildman–Crippen LogP) is 10.2. The van der Waals surface area contributed by atoms with Gasteiger partial charge in [0.05, 0.1) is 26.4 Å². The third kappa shape index (κ3) is 32.9. The van der Waals surface area contributed by atoms with E-state index in [1.807, 2.05) is 0 Å². The van der Waals surface area contributed by atoms with Crippen LogP contribution >= 0.6 is 0 Å². The van der Waals surface area contributed by atoms with E-state index in [0.29, 0.717) is 13.0 Å². The van der Waals surface area contributed by atoms with Crippen LogP contribution in [0.3, 0.4) is 0 Å². The van der Waals surface area contributed by atoms with Gasteiger partial charge < -0.3 is 64.2 Å². The molecular formula is C60H104O14. The summed E-state index contributed by atoms with van der Waals surface area (Å²) in [5, 5.41) is 72.3. The second-order valence-corrected chi connectivity index (χ2v) is 20.1. The van der Waals surface area contributed by atoms with Gasteiger partial charge in [-0.2, -0.15) is 0 Å². The average molecular weight is 1050 g/mol. The standard InChI is InChI=1S/C60H104O14/c1-3-5-7-9-11-13-15-17-19-21-23-24-25-27-29-31-33-35-37-39-41-43-52(62)72-49(46-69-44-42-40-38-36-34-32-30-28-26-22-20-18-16-14-12-10-8-6-4-2)47-70-59-58(68)56(66)54(64)51(74-59)48-71-60-57(67)55(65)53(63)50(45-61)73-60/h5,7,11,13,17,19,23-24,27,29,33,35,49-51,53-61,63-68H,3-4,6,8-10,12,14-16,18,20-22,25-26,28,30-32,34,36-48H2,1-2H3/b7-5-,13-11-,19-17-,24-23-,29-27-,35-33-. The first-order valence-corrected chi connectivity index (χ1v) is 29.0. The van der Waals surface area contributed by atoms with E-state index in [0.717, 1.165) is 70.6 Å². The smallest absolute Gasteiger partial charge is 0.306 e. The third-order valence-corrected chi connectivity index (χ3v) is 13.5. The molecule has 0 saturated carbocycles. The molecule has 2 aliphatic rings. The molecule has 428 valence electrons. The maximum absolute atomic E-state index is 13.1. The van der Waals surface area contributed by atoms with Crippen LogP contribution in [0.2, 0.25) is 0 Å². The molecule has 11 unspecified atom stereocenters. The van der Waals surface area contributed by atoms with Crippen molar-refractivity contribution in [2.45, 2.75) is 268 Å². The molecule has 74 heavy (non-hydrogen) atoms. The van der Waals surface area contributed by atoms with Gasteiger partial charge >= 0.3 is 5.97 Å². The molecule has 2 fully saturated rings. The lowest BCUT2D eigenvalue weighted by molar-refractivity contribution is -0.332. The van der Waals surface area contributed by atoms with E-state index < -0.39 is 86.7 Å². The fraction of sp³-hybridized carbons (Fsp3) is 0.783. The number of carbonyl (C=O) groups excluding carboxylic acids is 1. The number of allylic oxidation sites excluding steroid dienone is 12. The summed E-state index contributed by atoms with van der Waals surface area (Å²) in [6.07, 6.45) is 42.5. The Balaban J connectivity index is 1.75. The number of rotatable bonds is 46. The third-order valence-electron chi connectivity index (χ3n) is 13.5. The van der Waals surface area contributed by atoms with E-state index in [9.17, 15) is 40.5 Å². The highest BCUT2D eigenvalue weighted by Gasteiger charge is 2.47. The van der Waals surface area contributed by atoms with Crippen LogP contribution in [0.15, 0.2) is 72.9 Å². The van der Waals surface area contributed by atoms with E-state index in [1.165, 1.54) is 103 Å². The molecule has 2 aliphatic heterocycles. The second-order valence-electron chi connectivity index (χ2n) is 20.1. The number of hydrogen-bond acceptors (Lipinski definition) is 14. The lowest BCUT2D eigenvalue weighted by Gasteiger charge is -2.42. The molecule has 0 aliphatic carbocycles. The molecule has 0 bridgehead atoms. The van der Waals surface area contributed by atoms with Gasteiger partial charge in [0, 0.05) is 13.0 Å². The van der Waals surface area contributed by atoms with Crippen LogP contribution in [-0.4, -0.2) is 142 Å². The van der Waals surface area contributed by atoms with Gasteiger partial charge in [-0.3, -0.25) is 4.79 Å². The highest BCUT2D eigenvalue weighted by atomic mass is 16.7. The Morgan fingerprint density at radius 1 is 0.459 bits per heavy atom. The zero-order valence-corrected chi connectivity index (χ0v) is 45.8. The van der Waals surface area contributed by atoms with Gasteiger partial charge in [-0.15, -0.1) is 0 Å². The summed E-state index contributed by atoms with van der Waals surface area (Å²) in [4.78, 5) is 13.1. The molecule has 0 spiro atoms. The highest BCUT2D eigenvalue weighted by molar-refractivity contribution is 5.69. The minimum absolute atomic E-state index is 0.0426. The van der Waals surface area contributed by atoms with Crippen LogP contribution < -0.4 is 0 Å². The lowest BCUT2D eigenvalue weighted by Crippen LogP contribution is -2.61. The number of hydrogen-bond donors (Lipinski definition) is 7. The molecule has 0 aromatic heterocycles. The number of unbranched alkanes of at least 4 members (excludes halogenated alkanes) is 20. The Hall–Kier alpha value is -2.57. The van der Waals surface area contributed by atoms with Crippen molar-refractivity contribution in [2.24, 2.45) is 0 Å². The minimum Gasteiger partial charge on any atom is -0.457 e. The summed E-state index contributed by atoms with van der Waals surface area (Å²) in [6, 6.07) is 0. The van der Waals surface area contributed by atoms with E-state index >= 15 is 0 Å². The van der Waals surface area contributed by atoms with Crippen molar-refractivity contribution in [1.82, 2.24) is 0 Å². The zero-order chi connectivity index (χ0) is 53.7. The topological polar surface area (TPSA) is 214 Å². The largest absolute Gasteiger partial charge is 0.457 e. The monoisotopic (exact) mass is 1050 g/mol. The normalized spacial score (nSPS) is 25.3. The summed E-state index contributed by atoms with van der Waals surface area (Å²) in [5.74, 6) is -0.417. The summed E-state index contributed by atoms with van der Waals surface area (Å²) in [6.45, 7) is 3.53. The Morgan fingerprint density at radius 2 is 0.878 bits per heavy atom. The van der Waals surface area contributed by atoms with Gasteiger partial charge in [-0.05, 0) is 64.2 Å². The number of aliphatic hydroxyl groups excluding tert-OH is 7. The fourth-order valence-electron chi connectivity index (χ4n) is 8.82. The van der Waals surface area contributed by atoms with Gasteiger partial charge in [0.2, 0.25) is 0 Å². The van der Waals surface area contributed by atoms with Gasteiger partial charge in [-0.1, -0.05) is 202 Å². The minimum atomic E-state index is -1.72. The van der Waals surface area contributed by atoms with Crippen LogP contribution in [-0.2, 0) is 33.2 Å². The predicted molar refractivity (Wildman–Crippen MR) is 293 cm³/mol. The summed E-state index contributed by atoms with van der Waals surface area (Å²) < 4.78 is 34.3. The molecule has 0 aromatic carbocycles. The molecule has 11 atom stereocenters. The van der Waals surface area contributed by atoms with Crippen LogP contribution in [0.25, 0.3) is 0 Å². The average Bonchev–Trinajstić information content (AvgIpc) is 3.40. The Bertz CT molecular complexity index is 1500.